The second kappa shape index (κ2) is 5.97. The predicted molar refractivity (Wildman–Crippen MR) is 61.9 cm³/mol. The number of nitrogens with zero attached hydrogens (tertiary/aromatic N) is 4. The van der Waals surface area contributed by atoms with Crippen LogP contribution in [0.25, 0.3) is 0 Å². The molecule has 7 heteroatoms. The molecule has 0 N–H and O–H groups in total. The largest absolute Gasteiger partial charge is 0.344 e. The Morgan fingerprint density at radius 3 is 2.39 bits per heavy atom. The van der Waals surface area contributed by atoms with Gasteiger partial charge in [-0.1, -0.05) is 0 Å². The molecular formula is C11H8N4O3. The number of nitriles is 2. The number of aldehydes is 1. The smallest absolute Gasteiger partial charge is 0.270 e. The fourth-order valence-electron chi connectivity index (χ4n) is 1.43. The zero-order chi connectivity index (χ0) is 13.5. The second-order valence-electron chi connectivity index (χ2n) is 3.29. The molecule has 0 radical (unpaired) electrons. The first-order chi connectivity index (χ1) is 8.63. The van der Waals surface area contributed by atoms with Crippen molar-refractivity contribution in [2.24, 2.45) is 0 Å². The van der Waals surface area contributed by atoms with Crippen molar-refractivity contribution in [2.75, 3.05) is 18.0 Å². The van der Waals surface area contributed by atoms with Gasteiger partial charge in [-0.15, -0.1) is 0 Å². The molecule has 90 valence electrons. The van der Waals surface area contributed by atoms with Gasteiger partial charge in [-0.25, -0.2) is 0 Å². The summed E-state index contributed by atoms with van der Waals surface area (Å²) in [5.41, 5.74) is 0.197. The van der Waals surface area contributed by atoms with E-state index >= 15 is 0 Å². The Balaban J connectivity index is 3.23. The SMILES string of the molecule is N#CCN(CC#N)c1ccc([N+](=O)[O-])cc1C=O. The van der Waals surface area contributed by atoms with Gasteiger partial charge in [-0.3, -0.25) is 14.9 Å². The molecule has 0 atom stereocenters. The topological polar surface area (TPSA) is 111 Å². The Morgan fingerprint density at radius 2 is 1.94 bits per heavy atom. The maximum absolute atomic E-state index is 10.9. The molecule has 0 saturated carbocycles. The van der Waals surface area contributed by atoms with Gasteiger partial charge in [0.15, 0.2) is 6.29 Å². The Morgan fingerprint density at radius 1 is 1.33 bits per heavy atom. The van der Waals surface area contributed by atoms with Crippen molar-refractivity contribution in [1.82, 2.24) is 0 Å². The Hall–Kier alpha value is -2.93. The summed E-state index contributed by atoms with van der Waals surface area (Å²) in [6.07, 6.45) is 0.462. The summed E-state index contributed by atoms with van der Waals surface area (Å²) >= 11 is 0. The fraction of sp³-hybridized carbons (Fsp3) is 0.182. The van der Waals surface area contributed by atoms with Gasteiger partial charge in [0, 0.05) is 23.4 Å². The molecule has 0 unspecified atom stereocenters. The third kappa shape index (κ3) is 2.80. The van der Waals surface area contributed by atoms with Crippen LogP contribution in [0, 0.1) is 32.8 Å². The van der Waals surface area contributed by atoms with Crippen LogP contribution in [-0.4, -0.2) is 24.3 Å². The third-order valence-corrected chi connectivity index (χ3v) is 2.21. The third-order valence-electron chi connectivity index (χ3n) is 2.21. The number of carbonyl (C=O) groups is 1. The molecule has 0 fully saturated rings. The molecule has 1 aromatic carbocycles. The van der Waals surface area contributed by atoms with Crippen molar-refractivity contribution in [2.45, 2.75) is 0 Å². The Labute approximate surface area is 103 Å². The second-order valence-corrected chi connectivity index (χ2v) is 3.29. The zero-order valence-corrected chi connectivity index (χ0v) is 9.24. The van der Waals surface area contributed by atoms with E-state index in [-0.39, 0.29) is 24.3 Å². The Kier molecular flexibility index (Phi) is 4.35. The summed E-state index contributed by atoms with van der Waals surface area (Å²) in [4.78, 5) is 22.2. The first kappa shape index (κ1) is 13.1. The van der Waals surface area contributed by atoms with Gasteiger partial charge in [-0.05, 0) is 6.07 Å². The lowest BCUT2D eigenvalue weighted by atomic mass is 10.1. The molecular weight excluding hydrogens is 236 g/mol. The van der Waals surface area contributed by atoms with Crippen LogP contribution in [0.15, 0.2) is 18.2 Å². The van der Waals surface area contributed by atoms with Gasteiger partial charge in [0.05, 0.1) is 17.1 Å². The minimum absolute atomic E-state index is 0.0772. The lowest BCUT2D eigenvalue weighted by Crippen LogP contribution is -2.25. The van der Waals surface area contributed by atoms with E-state index in [2.05, 4.69) is 0 Å². The summed E-state index contributed by atoms with van der Waals surface area (Å²) < 4.78 is 0. The van der Waals surface area contributed by atoms with Crippen molar-refractivity contribution < 1.29 is 9.72 Å². The fourth-order valence-corrected chi connectivity index (χ4v) is 1.43. The molecule has 0 aromatic heterocycles. The van der Waals surface area contributed by atoms with E-state index in [4.69, 9.17) is 10.5 Å². The number of rotatable bonds is 5. The van der Waals surface area contributed by atoms with E-state index in [0.29, 0.717) is 12.0 Å². The average molecular weight is 244 g/mol. The van der Waals surface area contributed by atoms with Crippen LogP contribution in [0.5, 0.6) is 0 Å². The molecule has 18 heavy (non-hydrogen) atoms. The van der Waals surface area contributed by atoms with E-state index in [9.17, 15) is 14.9 Å². The number of carbonyl (C=O) groups excluding carboxylic acids is 1. The monoisotopic (exact) mass is 244 g/mol. The maximum atomic E-state index is 10.9. The zero-order valence-electron chi connectivity index (χ0n) is 9.24. The predicted octanol–water partition coefficient (Wildman–Crippen LogP) is 1.26. The van der Waals surface area contributed by atoms with Crippen LogP contribution in [0.4, 0.5) is 11.4 Å². The number of nitro benzene ring substituents is 1. The number of hydrogen-bond acceptors (Lipinski definition) is 6. The molecule has 0 aliphatic rings. The van der Waals surface area contributed by atoms with Crippen LogP contribution < -0.4 is 4.90 Å². The van der Waals surface area contributed by atoms with E-state index in [0.717, 1.165) is 6.07 Å². The van der Waals surface area contributed by atoms with Crippen molar-refractivity contribution in [3.05, 3.63) is 33.9 Å². The number of benzene rings is 1. The average Bonchev–Trinajstić information content (AvgIpc) is 2.37. The lowest BCUT2D eigenvalue weighted by Gasteiger charge is -2.19. The van der Waals surface area contributed by atoms with E-state index in [1.54, 1.807) is 0 Å². The molecule has 0 spiro atoms. The summed E-state index contributed by atoms with van der Waals surface area (Å²) in [6.45, 7) is -0.154. The number of non-ortho nitro benzene ring substituents is 1. The van der Waals surface area contributed by atoms with Crippen LogP contribution in [0.3, 0.4) is 0 Å². The normalized spacial score (nSPS) is 9.00. The highest BCUT2D eigenvalue weighted by Gasteiger charge is 2.15. The highest BCUT2D eigenvalue weighted by Crippen LogP contribution is 2.23. The van der Waals surface area contributed by atoms with E-state index in [1.165, 1.54) is 17.0 Å². The van der Waals surface area contributed by atoms with Crippen molar-refractivity contribution in [3.8, 4) is 12.1 Å². The van der Waals surface area contributed by atoms with Crippen molar-refractivity contribution in [3.63, 3.8) is 0 Å². The molecule has 0 aliphatic heterocycles. The van der Waals surface area contributed by atoms with Gasteiger partial charge < -0.3 is 4.90 Å². The van der Waals surface area contributed by atoms with Crippen LogP contribution >= 0.6 is 0 Å². The molecule has 1 rings (SSSR count). The van der Waals surface area contributed by atoms with Gasteiger partial charge in [0.25, 0.3) is 5.69 Å². The minimum Gasteiger partial charge on any atom is -0.344 e. The number of hydrogen-bond donors (Lipinski definition) is 0. The Bertz CT molecular complexity index is 540. The number of anilines is 1. The summed E-state index contributed by atoms with van der Waals surface area (Å²) in [7, 11) is 0. The molecule has 0 bridgehead atoms. The summed E-state index contributed by atoms with van der Waals surface area (Å²) in [6, 6.07) is 7.43. The molecule has 7 nitrogen and oxygen atoms in total. The highest BCUT2D eigenvalue weighted by molar-refractivity contribution is 5.86. The summed E-state index contributed by atoms with van der Waals surface area (Å²) in [5, 5.41) is 27.8. The van der Waals surface area contributed by atoms with Crippen LogP contribution in [0.1, 0.15) is 10.4 Å². The molecule has 0 saturated heterocycles. The standard InChI is InChI=1S/C11H8N4O3/c12-3-5-14(6-4-13)11-2-1-10(15(17)18)7-9(11)8-16/h1-2,7-8H,5-6H2. The van der Waals surface area contributed by atoms with Crippen molar-refractivity contribution in [1.29, 1.82) is 10.5 Å². The first-order valence-electron chi connectivity index (χ1n) is 4.86. The van der Waals surface area contributed by atoms with Gasteiger partial charge in [0.1, 0.15) is 13.1 Å². The van der Waals surface area contributed by atoms with Crippen LogP contribution in [-0.2, 0) is 0 Å². The van der Waals surface area contributed by atoms with Crippen LogP contribution in [0.2, 0.25) is 0 Å². The maximum Gasteiger partial charge on any atom is 0.270 e. The number of nitro groups is 1. The quantitative estimate of drug-likeness (QED) is 0.333. The minimum atomic E-state index is -0.615. The van der Waals surface area contributed by atoms with Gasteiger partial charge in [-0.2, -0.15) is 10.5 Å². The summed E-state index contributed by atoms with van der Waals surface area (Å²) in [5.74, 6) is 0. The van der Waals surface area contributed by atoms with E-state index < -0.39 is 4.92 Å². The molecule has 0 heterocycles. The molecule has 1 aromatic rings. The van der Waals surface area contributed by atoms with Gasteiger partial charge in [0.2, 0.25) is 0 Å². The molecule has 0 aliphatic carbocycles. The molecule has 0 amide bonds. The van der Waals surface area contributed by atoms with Gasteiger partial charge >= 0.3 is 0 Å². The highest BCUT2D eigenvalue weighted by atomic mass is 16.6. The van der Waals surface area contributed by atoms with Crippen molar-refractivity contribution >= 4 is 17.7 Å². The lowest BCUT2D eigenvalue weighted by molar-refractivity contribution is -0.384. The van der Waals surface area contributed by atoms with E-state index in [1.807, 2.05) is 12.1 Å². The first-order valence-corrected chi connectivity index (χ1v) is 4.86.